The van der Waals surface area contributed by atoms with Gasteiger partial charge in [0.25, 0.3) is 5.91 Å². The predicted molar refractivity (Wildman–Crippen MR) is 137 cm³/mol. The van der Waals surface area contributed by atoms with Gasteiger partial charge in [-0.25, -0.2) is 0 Å². The van der Waals surface area contributed by atoms with Crippen LogP contribution in [0.5, 0.6) is 5.75 Å². The maximum Gasteiger partial charge on any atom is 0.255 e. The van der Waals surface area contributed by atoms with Crippen molar-refractivity contribution in [3.05, 3.63) is 64.3 Å². The van der Waals surface area contributed by atoms with Gasteiger partial charge >= 0.3 is 0 Å². The monoisotopic (exact) mass is 476 g/mol. The fourth-order valence-corrected chi connectivity index (χ4v) is 4.72. The van der Waals surface area contributed by atoms with Crippen LogP contribution >= 0.6 is 0 Å². The van der Waals surface area contributed by atoms with E-state index in [1.807, 2.05) is 40.1 Å². The number of carbonyl (C=O) groups is 1. The van der Waals surface area contributed by atoms with Crippen molar-refractivity contribution in [2.24, 2.45) is 7.05 Å². The molecule has 1 amide bonds. The molecule has 7 heteroatoms. The molecule has 0 unspecified atom stereocenters. The highest BCUT2D eigenvalue weighted by Crippen LogP contribution is 2.32. The molecule has 1 saturated carbocycles. The molecular formula is C28H36N4O3. The van der Waals surface area contributed by atoms with Gasteiger partial charge in [-0.15, -0.1) is 5.10 Å². The van der Waals surface area contributed by atoms with Gasteiger partial charge in [-0.2, -0.15) is 0 Å². The van der Waals surface area contributed by atoms with Gasteiger partial charge in [0.15, 0.2) is 0 Å². The Balaban J connectivity index is 1.63. The molecule has 2 atom stereocenters. The molecule has 3 aromatic rings. The molecule has 1 aliphatic rings. The van der Waals surface area contributed by atoms with Crippen LogP contribution in [-0.4, -0.2) is 44.3 Å². The van der Waals surface area contributed by atoms with Crippen LogP contribution in [0.1, 0.15) is 72.1 Å². The van der Waals surface area contributed by atoms with Gasteiger partial charge in [0, 0.05) is 12.6 Å². The van der Waals surface area contributed by atoms with E-state index in [1.165, 1.54) is 0 Å². The van der Waals surface area contributed by atoms with Crippen molar-refractivity contribution in [2.75, 3.05) is 0 Å². The lowest BCUT2D eigenvalue weighted by Gasteiger charge is -2.29. The van der Waals surface area contributed by atoms with E-state index in [1.54, 1.807) is 4.68 Å². The van der Waals surface area contributed by atoms with E-state index in [0.29, 0.717) is 17.7 Å². The maximum atomic E-state index is 13.4. The third kappa shape index (κ3) is 5.73. The number of carbonyl (C=O) groups excluding carboxylic acids is 1. The first-order chi connectivity index (χ1) is 16.7. The molecule has 0 saturated heterocycles. The fourth-order valence-electron chi connectivity index (χ4n) is 4.72. The van der Waals surface area contributed by atoms with Crippen LogP contribution in [0.25, 0.3) is 11.3 Å². The summed E-state index contributed by atoms with van der Waals surface area (Å²) in [5.41, 5.74) is 6.71. The summed E-state index contributed by atoms with van der Waals surface area (Å²) >= 11 is 0. The molecule has 0 aliphatic heterocycles. The topological polar surface area (TPSA) is 89.3 Å². The lowest BCUT2D eigenvalue weighted by molar-refractivity contribution is 0.0713. The van der Waals surface area contributed by atoms with E-state index in [9.17, 15) is 9.90 Å². The number of hydrogen-bond acceptors (Lipinski definition) is 5. The normalized spacial score (nSPS) is 18.0. The van der Waals surface area contributed by atoms with Crippen molar-refractivity contribution >= 4 is 5.91 Å². The van der Waals surface area contributed by atoms with Crippen molar-refractivity contribution in [1.82, 2.24) is 20.3 Å². The summed E-state index contributed by atoms with van der Waals surface area (Å²) in [7, 11) is 1.85. The van der Waals surface area contributed by atoms with Crippen molar-refractivity contribution in [3.8, 4) is 17.0 Å². The van der Waals surface area contributed by atoms with Crippen molar-refractivity contribution in [2.45, 2.75) is 78.0 Å². The zero-order valence-electron chi connectivity index (χ0n) is 21.3. The Morgan fingerprint density at radius 1 is 1.17 bits per heavy atom. The molecule has 7 nitrogen and oxygen atoms in total. The van der Waals surface area contributed by atoms with Crippen LogP contribution in [0.4, 0.5) is 0 Å². The Kier molecular flexibility index (Phi) is 7.55. The van der Waals surface area contributed by atoms with Crippen LogP contribution in [0.3, 0.4) is 0 Å². The summed E-state index contributed by atoms with van der Waals surface area (Å²) in [6, 6.07) is 10.0. The number of aryl methyl sites for hydroxylation is 1. The molecule has 186 valence electrons. The molecule has 1 fully saturated rings. The van der Waals surface area contributed by atoms with Gasteiger partial charge in [0.2, 0.25) is 0 Å². The predicted octanol–water partition coefficient (Wildman–Crippen LogP) is 4.51. The minimum atomic E-state index is -0.499. The second-order valence-electron chi connectivity index (χ2n) is 9.91. The third-order valence-electron chi connectivity index (χ3n) is 6.84. The number of aliphatic hydroxyl groups excluding tert-OH is 1. The van der Waals surface area contributed by atoms with E-state index in [4.69, 9.17) is 4.74 Å². The minimum absolute atomic E-state index is 0.0561. The zero-order valence-corrected chi connectivity index (χ0v) is 21.3. The van der Waals surface area contributed by atoms with Crippen LogP contribution in [0, 0.1) is 13.8 Å². The molecule has 0 radical (unpaired) electrons. The van der Waals surface area contributed by atoms with Gasteiger partial charge in [0.1, 0.15) is 11.4 Å². The summed E-state index contributed by atoms with van der Waals surface area (Å²) in [4.78, 5) is 13.4. The first-order valence-corrected chi connectivity index (χ1v) is 12.5. The second-order valence-corrected chi connectivity index (χ2v) is 9.91. The first kappa shape index (κ1) is 24.9. The Bertz CT molecular complexity index is 1180. The van der Waals surface area contributed by atoms with Gasteiger partial charge in [-0.1, -0.05) is 42.3 Å². The van der Waals surface area contributed by atoms with Crippen LogP contribution in [0.2, 0.25) is 0 Å². The third-order valence-corrected chi connectivity index (χ3v) is 6.84. The molecule has 2 aromatic carbocycles. The lowest BCUT2D eigenvalue weighted by atomic mass is 9.91. The zero-order chi connectivity index (χ0) is 25.1. The SMILES string of the molecule is Cc1c(Cc2ccc(-c3cn(C)nn3)cc2)cc(C(=O)N[C@H]2CCCC[C@@H]2O)c(OC(C)C)c1C. The van der Waals surface area contributed by atoms with Gasteiger partial charge in [0.05, 0.1) is 30.0 Å². The number of aliphatic hydroxyl groups is 1. The van der Waals surface area contributed by atoms with Crippen molar-refractivity contribution in [3.63, 3.8) is 0 Å². The number of benzene rings is 2. The molecule has 1 heterocycles. The summed E-state index contributed by atoms with van der Waals surface area (Å²) in [5.74, 6) is 0.441. The van der Waals surface area contributed by atoms with Gasteiger partial charge < -0.3 is 15.2 Å². The molecule has 1 aromatic heterocycles. The number of aromatic nitrogens is 3. The van der Waals surface area contributed by atoms with Crippen LogP contribution in [0.15, 0.2) is 36.5 Å². The number of amides is 1. The van der Waals surface area contributed by atoms with E-state index < -0.39 is 6.10 Å². The molecule has 4 rings (SSSR count). The number of rotatable bonds is 7. The lowest BCUT2D eigenvalue weighted by Crippen LogP contribution is -2.45. The number of ether oxygens (including phenoxy) is 1. The van der Waals surface area contributed by atoms with E-state index in [0.717, 1.165) is 59.2 Å². The Hall–Kier alpha value is -3.19. The van der Waals surface area contributed by atoms with E-state index in [-0.39, 0.29) is 18.1 Å². The highest BCUT2D eigenvalue weighted by Gasteiger charge is 2.27. The van der Waals surface area contributed by atoms with Gasteiger partial charge in [-0.05, 0) is 75.3 Å². The molecule has 0 spiro atoms. The smallest absolute Gasteiger partial charge is 0.255 e. The number of hydrogen-bond donors (Lipinski definition) is 2. The summed E-state index contributed by atoms with van der Waals surface area (Å²) < 4.78 is 7.82. The maximum absolute atomic E-state index is 13.4. The van der Waals surface area contributed by atoms with Crippen molar-refractivity contribution in [1.29, 1.82) is 0 Å². The highest BCUT2D eigenvalue weighted by molar-refractivity contribution is 5.98. The number of nitrogens with one attached hydrogen (secondary N) is 1. The Labute approximate surface area is 207 Å². The highest BCUT2D eigenvalue weighted by atomic mass is 16.5. The molecular weight excluding hydrogens is 440 g/mol. The van der Waals surface area contributed by atoms with E-state index in [2.05, 4.69) is 46.8 Å². The Morgan fingerprint density at radius 2 is 1.89 bits per heavy atom. The molecule has 2 N–H and O–H groups in total. The summed E-state index contributed by atoms with van der Waals surface area (Å²) in [5, 5.41) is 21.6. The van der Waals surface area contributed by atoms with E-state index >= 15 is 0 Å². The Morgan fingerprint density at radius 3 is 2.51 bits per heavy atom. The number of nitrogens with zero attached hydrogens (tertiary/aromatic N) is 3. The van der Waals surface area contributed by atoms with Crippen LogP contribution < -0.4 is 10.1 Å². The first-order valence-electron chi connectivity index (χ1n) is 12.5. The second kappa shape index (κ2) is 10.6. The average molecular weight is 477 g/mol. The molecule has 0 bridgehead atoms. The summed E-state index contributed by atoms with van der Waals surface area (Å²) in [6.07, 6.45) is 5.57. The standard InChI is InChI=1S/C28H36N4O3/c1-17(2)35-27-19(4)18(3)22(15-23(27)28(34)29-24-8-6-7-9-26(24)33)14-20-10-12-21(13-11-20)25-16-32(5)31-30-25/h10-13,15-17,24,26,33H,6-9,14H2,1-5H3,(H,29,34)/t24-,26-/m0/s1. The fraction of sp³-hybridized carbons (Fsp3) is 0.464. The quantitative estimate of drug-likeness (QED) is 0.524. The average Bonchev–Trinajstić information content (AvgIpc) is 3.26. The van der Waals surface area contributed by atoms with Crippen molar-refractivity contribution < 1.29 is 14.6 Å². The largest absolute Gasteiger partial charge is 0.490 e. The molecule has 35 heavy (non-hydrogen) atoms. The van der Waals surface area contributed by atoms with Gasteiger partial charge in [-0.3, -0.25) is 9.48 Å². The summed E-state index contributed by atoms with van der Waals surface area (Å²) in [6.45, 7) is 8.03. The van der Waals surface area contributed by atoms with Crippen LogP contribution in [-0.2, 0) is 13.5 Å². The minimum Gasteiger partial charge on any atom is -0.490 e. The molecule has 1 aliphatic carbocycles.